The maximum atomic E-state index is 12.2. The van der Waals surface area contributed by atoms with Crippen LogP contribution in [0.3, 0.4) is 0 Å². The summed E-state index contributed by atoms with van der Waals surface area (Å²) in [4.78, 5) is 69.3. The average molecular weight is 447 g/mol. The van der Waals surface area contributed by atoms with Crippen molar-refractivity contribution < 1.29 is 57.2 Å². The van der Waals surface area contributed by atoms with Crippen LogP contribution in [-0.2, 0) is 57.2 Å². The highest BCUT2D eigenvalue weighted by atomic mass is 16.7. The van der Waals surface area contributed by atoms with E-state index >= 15 is 0 Å². The number of nitrogens with one attached hydrogen (secondary N) is 1. The molecule has 1 rings (SSSR count). The van der Waals surface area contributed by atoms with Crippen LogP contribution in [0.25, 0.3) is 0 Å². The van der Waals surface area contributed by atoms with Crippen molar-refractivity contribution in [3.05, 3.63) is 0 Å². The van der Waals surface area contributed by atoms with Gasteiger partial charge in [0.25, 0.3) is 5.91 Å². The summed E-state index contributed by atoms with van der Waals surface area (Å²) in [7, 11) is 0. The first-order valence-corrected chi connectivity index (χ1v) is 9.14. The van der Waals surface area contributed by atoms with E-state index in [9.17, 15) is 28.8 Å². The number of rotatable bonds is 8. The zero-order chi connectivity index (χ0) is 23.7. The van der Waals surface area contributed by atoms with Gasteiger partial charge in [-0.05, 0) is 0 Å². The molecule has 1 fully saturated rings. The Kier molecular flexibility index (Phi) is 9.86. The van der Waals surface area contributed by atoms with Crippen molar-refractivity contribution >= 4 is 35.8 Å². The number of hydrogen-bond donors (Lipinski definition) is 1. The van der Waals surface area contributed by atoms with Gasteiger partial charge < -0.3 is 33.7 Å². The maximum Gasteiger partial charge on any atom is 0.305 e. The van der Waals surface area contributed by atoms with Crippen molar-refractivity contribution in [2.75, 3.05) is 13.2 Å². The Balaban J connectivity index is 3.29. The van der Waals surface area contributed by atoms with Gasteiger partial charge in [-0.15, -0.1) is 0 Å². The van der Waals surface area contributed by atoms with Crippen LogP contribution >= 0.6 is 0 Å². The van der Waals surface area contributed by atoms with Crippen LogP contribution in [0.1, 0.15) is 34.6 Å². The summed E-state index contributed by atoms with van der Waals surface area (Å²) >= 11 is 0. The summed E-state index contributed by atoms with van der Waals surface area (Å²) < 4.78 is 30.6. The molecule has 0 aromatic heterocycles. The van der Waals surface area contributed by atoms with E-state index in [-0.39, 0.29) is 0 Å². The maximum absolute atomic E-state index is 12.2. The minimum atomic E-state index is -1.52. The predicted molar refractivity (Wildman–Crippen MR) is 96.7 cm³/mol. The highest BCUT2D eigenvalue weighted by Gasteiger charge is 2.52. The van der Waals surface area contributed by atoms with E-state index in [2.05, 4.69) is 10.1 Å². The molecule has 0 aromatic rings. The molecule has 31 heavy (non-hydrogen) atoms. The monoisotopic (exact) mass is 447 g/mol. The summed E-state index contributed by atoms with van der Waals surface area (Å²) in [5.74, 6) is -4.62. The fraction of sp³-hybridized carbons (Fsp3) is 0.667. The van der Waals surface area contributed by atoms with Gasteiger partial charge in [0, 0.05) is 34.6 Å². The second-order valence-electron chi connectivity index (χ2n) is 6.48. The van der Waals surface area contributed by atoms with Gasteiger partial charge in [0.2, 0.25) is 6.29 Å². The molecule has 5 atom stereocenters. The first-order valence-electron chi connectivity index (χ1n) is 9.14. The Morgan fingerprint density at radius 1 is 0.710 bits per heavy atom. The van der Waals surface area contributed by atoms with Crippen LogP contribution in [0.5, 0.6) is 0 Å². The number of amides is 1. The topological polar surface area (TPSA) is 170 Å². The van der Waals surface area contributed by atoms with Crippen molar-refractivity contribution in [3.8, 4) is 0 Å². The van der Waals surface area contributed by atoms with Crippen LogP contribution in [0.2, 0.25) is 0 Å². The van der Waals surface area contributed by atoms with Crippen LogP contribution in [0, 0.1) is 0 Å². The summed E-state index contributed by atoms with van der Waals surface area (Å²) in [6, 6.07) is -1.35. The molecule has 1 heterocycles. The molecule has 1 aliphatic rings. The molecule has 0 aliphatic carbocycles. The van der Waals surface area contributed by atoms with E-state index in [0.717, 1.165) is 34.6 Å². The molecule has 0 spiro atoms. The Morgan fingerprint density at radius 2 is 1.23 bits per heavy atom. The first kappa shape index (κ1) is 25.8. The standard InChI is InChI=1S/C18H25NO12/c1-8(20)26-6-13-16(28-10(3)22)17(29-11(4)23)15(18(31-13)30-12(5)24)19-14(25)7-27-9(2)21/h13,15-18H,6-7H2,1-5H3,(H,19,25)/t13-,15+,16-,17-,18-/m1/s1. The van der Waals surface area contributed by atoms with E-state index in [1.54, 1.807) is 0 Å². The second kappa shape index (κ2) is 11.8. The summed E-state index contributed by atoms with van der Waals surface area (Å²) in [6.45, 7) is 4.34. The fourth-order valence-corrected chi connectivity index (χ4v) is 2.71. The third-order valence-electron chi connectivity index (χ3n) is 3.72. The Morgan fingerprint density at radius 3 is 1.71 bits per heavy atom. The molecule has 1 amide bonds. The quantitative estimate of drug-likeness (QED) is 0.347. The van der Waals surface area contributed by atoms with E-state index in [4.69, 9.17) is 23.7 Å². The minimum absolute atomic E-state index is 0.434. The molecule has 174 valence electrons. The van der Waals surface area contributed by atoms with Crippen molar-refractivity contribution in [1.29, 1.82) is 0 Å². The largest absolute Gasteiger partial charge is 0.463 e. The van der Waals surface area contributed by atoms with Gasteiger partial charge in [-0.2, -0.15) is 0 Å². The van der Waals surface area contributed by atoms with Gasteiger partial charge in [-0.25, -0.2) is 0 Å². The lowest BCUT2D eigenvalue weighted by Gasteiger charge is -2.44. The number of carbonyl (C=O) groups is 6. The highest BCUT2D eigenvalue weighted by molar-refractivity contribution is 5.80. The number of ether oxygens (including phenoxy) is 6. The molecule has 0 saturated carbocycles. The minimum Gasteiger partial charge on any atom is -0.463 e. The van der Waals surface area contributed by atoms with E-state index < -0.39 is 79.6 Å². The molecule has 1 aliphatic heterocycles. The van der Waals surface area contributed by atoms with Crippen molar-refractivity contribution in [3.63, 3.8) is 0 Å². The fourth-order valence-electron chi connectivity index (χ4n) is 2.71. The third kappa shape index (κ3) is 8.99. The second-order valence-corrected chi connectivity index (χ2v) is 6.48. The summed E-state index contributed by atoms with van der Waals surface area (Å²) in [6.07, 6.45) is -5.47. The van der Waals surface area contributed by atoms with Crippen LogP contribution in [0.15, 0.2) is 0 Å². The van der Waals surface area contributed by atoms with Crippen LogP contribution < -0.4 is 5.32 Å². The lowest BCUT2D eigenvalue weighted by atomic mass is 9.96. The van der Waals surface area contributed by atoms with E-state index in [0.29, 0.717) is 0 Å². The van der Waals surface area contributed by atoms with Gasteiger partial charge in [0.1, 0.15) is 18.8 Å². The average Bonchev–Trinajstić information content (AvgIpc) is 2.62. The van der Waals surface area contributed by atoms with Crippen LogP contribution in [-0.4, -0.2) is 79.6 Å². The van der Waals surface area contributed by atoms with E-state index in [1.165, 1.54) is 0 Å². The third-order valence-corrected chi connectivity index (χ3v) is 3.72. The van der Waals surface area contributed by atoms with Gasteiger partial charge in [0.05, 0.1) is 0 Å². The zero-order valence-electron chi connectivity index (χ0n) is 17.7. The van der Waals surface area contributed by atoms with Gasteiger partial charge >= 0.3 is 29.8 Å². The zero-order valence-corrected chi connectivity index (χ0v) is 17.7. The molecule has 1 saturated heterocycles. The van der Waals surface area contributed by atoms with Crippen molar-refractivity contribution in [1.82, 2.24) is 5.32 Å². The predicted octanol–water partition coefficient (Wildman–Crippen LogP) is -1.25. The lowest BCUT2D eigenvalue weighted by molar-refractivity contribution is -0.271. The van der Waals surface area contributed by atoms with Crippen LogP contribution in [0.4, 0.5) is 0 Å². The smallest absolute Gasteiger partial charge is 0.305 e. The van der Waals surface area contributed by atoms with Gasteiger partial charge in [-0.3, -0.25) is 28.8 Å². The van der Waals surface area contributed by atoms with Gasteiger partial charge in [-0.1, -0.05) is 0 Å². The molecule has 13 nitrogen and oxygen atoms in total. The molecule has 0 bridgehead atoms. The molecule has 13 heteroatoms. The first-order chi connectivity index (χ1) is 14.4. The highest BCUT2D eigenvalue weighted by Crippen LogP contribution is 2.28. The lowest BCUT2D eigenvalue weighted by Crippen LogP contribution is -2.67. The molecule has 0 radical (unpaired) electrons. The summed E-state index contributed by atoms with van der Waals surface area (Å²) in [5.41, 5.74) is 0. The van der Waals surface area contributed by atoms with Gasteiger partial charge in [0.15, 0.2) is 18.8 Å². The number of carbonyl (C=O) groups excluding carboxylic acids is 6. The van der Waals surface area contributed by atoms with Crippen molar-refractivity contribution in [2.45, 2.75) is 65.3 Å². The SMILES string of the molecule is CC(=O)OCC(=O)N[C@@H]1[C@H](OC(C)=O)O[C@H](COC(C)=O)[C@@H](OC(C)=O)[C@@H]1OC(C)=O. The Hall–Kier alpha value is -3.22. The molecule has 0 unspecified atom stereocenters. The Labute approximate surface area is 177 Å². The molecular weight excluding hydrogens is 422 g/mol. The van der Waals surface area contributed by atoms with Crippen molar-refractivity contribution in [2.24, 2.45) is 0 Å². The molecule has 0 aromatic carbocycles. The Bertz CT molecular complexity index is 720. The normalized spacial score (nSPS) is 24.9. The number of hydrogen-bond acceptors (Lipinski definition) is 12. The molecular formula is C18H25NO12. The van der Waals surface area contributed by atoms with E-state index in [1.807, 2.05) is 0 Å². The molecule has 1 N–H and O–H groups in total. The number of esters is 5. The summed E-state index contributed by atoms with van der Waals surface area (Å²) in [5, 5.41) is 2.38.